The topological polar surface area (TPSA) is 43.4 Å². The molecular weight excluding hydrogens is 391 g/mol. The Morgan fingerprint density at radius 2 is 1.50 bits per heavy atom. The van der Waals surface area contributed by atoms with E-state index in [1.165, 1.54) is 0 Å². The van der Waals surface area contributed by atoms with Crippen LogP contribution >= 0.6 is 34.2 Å². The molecule has 0 aromatic heterocycles. The lowest BCUT2D eigenvalue weighted by Crippen LogP contribution is -2.14. The van der Waals surface area contributed by atoms with Gasteiger partial charge in [0.05, 0.1) is 5.56 Å². The zero-order valence-electron chi connectivity index (χ0n) is 10.3. The molecule has 5 heteroatoms. The van der Waals surface area contributed by atoms with Crippen LogP contribution in [0.3, 0.4) is 0 Å². The summed E-state index contributed by atoms with van der Waals surface area (Å²) in [5.41, 5.74) is 0.888. The minimum absolute atomic E-state index is 0.263. The molecule has 0 heterocycles. The van der Waals surface area contributed by atoms with Gasteiger partial charge in [-0.2, -0.15) is 0 Å². The number of benzene rings is 2. The Bertz CT molecular complexity index is 563. The van der Waals surface area contributed by atoms with Gasteiger partial charge in [-0.3, -0.25) is 4.79 Å². The summed E-state index contributed by atoms with van der Waals surface area (Å²) in [7, 11) is 0. The molecule has 20 heavy (non-hydrogen) atoms. The van der Waals surface area contributed by atoms with Crippen molar-refractivity contribution in [1.29, 1.82) is 0 Å². The predicted octanol–water partition coefficient (Wildman–Crippen LogP) is 3.98. The highest BCUT2D eigenvalue weighted by Crippen LogP contribution is 2.11. The molecule has 0 N–H and O–H groups in total. The first kappa shape index (κ1) is 15.0. The summed E-state index contributed by atoms with van der Waals surface area (Å²) in [4.78, 5) is 23.6. The Balaban J connectivity index is 1.94. The van der Waals surface area contributed by atoms with E-state index in [1.54, 1.807) is 48.5 Å². The number of carbonyl (C=O) groups excluding carboxylic acids is 2. The first-order valence-corrected chi connectivity index (χ1v) is 7.23. The molecule has 0 amide bonds. The molecule has 102 valence electrons. The molecular formula is C15H10ClIO3. The number of rotatable bonds is 4. The van der Waals surface area contributed by atoms with Crippen molar-refractivity contribution in [2.24, 2.45) is 0 Å². The number of carbonyl (C=O) groups is 2. The highest BCUT2D eigenvalue weighted by molar-refractivity contribution is 14.1. The summed E-state index contributed by atoms with van der Waals surface area (Å²) in [6, 6.07) is 13.4. The van der Waals surface area contributed by atoms with Gasteiger partial charge in [-0.15, -0.1) is 0 Å². The average molecular weight is 401 g/mol. The van der Waals surface area contributed by atoms with Crippen LogP contribution in [0.5, 0.6) is 0 Å². The quantitative estimate of drug-likeness (QED) is 0.443. The second-order valence-electron chi connectivity index (χ2n) is 4.01. The third kappa shape index (κ3) is 4.05. The predicted molar refractivity (Wildman–Crippen MR) is 85.2 cm³/mol. The van der Waals surface area contributed by atoms with Crippen molar-refractivity contribution in [3.63, 3.8) is 0 Å². The highest BCUT2D eigenvalue weighted by atomic mass is 127. The Kier molecular flexibility index (Phi) is 5.14. The molecule has 0 saturated carbocycles. The van der Waals surface area contributed by atoms with Crippen LogP contribution in [0.2, 0.25) is 5.02 Å². The van der Waals surface area contributed by atoms with E-state index in [4.69, 9.17) is 16.3 Å². The molecule has 0 saturated heterocycles. The van der Waals surface area contributed by atoms with E-state index in [-0.39, 0.29) is 12.4 Å². The van der Waals surface area contributed by atoms with Gasteiger partial charge in [0, 0.05) is 14.2 Å². The SMILES string of the molecule is O=C(COC(=O)c1ccc(I)cc1)c1ccc(Cl)cc1. The van der Waals surface area contributed by atoms with Crippen molar-refractivity contribution in [2.45, 2.75) is 0 Å². The van der Waals surface area contributed by atoms with Crippen molar-refractivity contribution < 1.29 is 14.3 Å². The molecule has 0 aliphatic rings. The zero-order valence-corrected chi connectivity index (χ0v) is 13.2. The second-order valence-corrected chi connectivity index (χ2v) is 5.70. The minimum Gasteiger partial charge on any atom is -0.454 e. The molecule has 0 aliphatic heterocycles. The van der Waals surface area contributed by atoms with E-state index in [1.807, 2.05) is 0 Å². The highest BCUT2D eigenvalue weighted by Gasteiger charge is 2.11. The molecule has 0 radical (unpaired) electrons. The molecule has 2 aromatic carbocycles. The number of ketones is 1. The van der Waals surface area contributed by atoms with Crippen LogP contribution in [-0.2, 0) is 4.74 Å². The van der Waals surface area contributed by atoms with Crippen molar-refractivity contribution in [1.82, 2.24) is 0 Å². The summed E-state index contributed by atoms with van der Waals surface area (Å²) in [5, 5.41) is 0.553. The first-order valence-electron chi connectivity index (χ1n) is 5.78. The molecule has 3 nitrogen and oxygen atoms in total. The molecule has 0 fully saturated rings. The fourth-order valence-corrected chi connectivity index (χ4v) is 2.01. The maximum Gasteiger partial charge on any atom is 0.338 e. The van der Waals surface area contributed by atoms with E-state index in [0.29, 0.717) is 16.1 Å². The lowest BCUT2D eigenvalue weighted by atomic mass is 10.1. The summed E-state index contributed by atoms with van der Waals surface area (Å²) in [5.74, 6) is -0.774. The Labute approximate surface area is 135 Å². The van der Waals surface area contributed by atoms with E-state index < -0.39 is 5.97 Å². The number of hydrogen-bond donors (Lipinski definition) is 0. The number of hydrogen-bond acceptors (Lipinski definition) is 3. The van der Waals surface area contributed by atoms with Crippen LogP contribution in [0.1, 0.15) is 20.7 Å². The summed E-state index contributed by atoms with van der Waals surface area (Å²) >= 11 is 7.88. The van der Waals surface area contributed by atoms with Gasteiger partial charge in [-0.25, -0.2) is 4.79 Å². The van der Waals surface area contributed by atoms with Crippen LogP contribution in [0.4, 0.5) is 0 Å². The van der Waals surface area contributed by atoms with Gasteiger partial charge in [-0.05, 0) is 71.1 Å². The number of Topliss-reactive ketones (excluding diaryl/α,β-unsaturated/α-hetero) is 1. The van der Waals surface area contributed by atoms with E-state index in [0.717, 1.165) is 3.57 Å². The Morgan fingerprint density at radius 1 is 0.950 bits per heavy atom. The lowest BCUT2D eigenvalue weighted by molar-refractivity contribution is 0.0475. The van der Waals surface area contributed by atoms with E-state index in [2.05, 4.69) is 22.6 Å². The first-order chi connectivity index (χ1) is 9.56. The van der Waals surface area contributed by atoms with Crippen molar-refractivity contribution in [3.05, 3.63) is 68.3 Å². The van der Waals surface area contributed by atoms with Gasteiger partial charge < -0.3 is 4.74 Å². The fourth-order valence-electron chi connectivity index (χ4n) is 1.52. The fraction of sp³-hybridized carbons (Fsp3) is 0.0667. The van der Waals surface area contributed by atoms with Crippen LogP contribution < -0.4 is 0 Å². The number of halogens is 2. The number of ether oxygens (including phenoxy) is 1. The average Bonchev–Trinajstić information content (AvgIpc) is 2.46. The van der Waals surface area contributed by atoms with Crippen molar-refractivity contribution in [3.8, 4) is 0 Å². The maximum absolute atomic E-state index is 11.8. The minimum atomic E-state index is -0.510. The molecule has 0 bridgehead atoms. The van der Waals surface area contributed by atoms with Crippen LogP contribution in [0.15, 0.2) is 48.5 Å². The molecule has 0 atom stereocenters. The zero-order chi connectivity index (χ0) is 14.5. The third-order valence-corrected chi connectivity index (χ3v) is 3.55. The molecule has 2 rings (SSSR count). The summed E-state index contributed by atoms with van der Waals surface area (Å²) in [6.45, 7) is -0.285. The standard InChI is InChI=1S/C15H10ClIO3/c16-12-5-1-10(2-6-12)14(18)9-20-15(19)11-3-7-13(17)8-4-11/h1-8H,9H2. The van der Waals surface area contributed by atoms with Gasteiger partial charge in [0.1, 0.15) is 0 Å². The number of esters is 1. The van der Waals surface area contributed by atoms with Crippen LogP contribution in [0.25, 0.3) is 0 Å². The second kappa shape index (κ2) is 6.85. The maximum atomic E-state index is 11.8. The lowest BCUT2D eigenvalue weighted by Gasteiger charge is -2.04. The Hall–Kier alpha value is -1.40. The van der Waals surface area contributed by atoms with Crippen molar-refractivity contribution >= 4 is 45.9 Å². The van der Waals surface area contributed by atoms with Gasteiger partial charge in [0.25, 0.3) is 0 Å². The summed E-state index contributed by atoms with van der Waals surface area (Å²) < 4.78 is 6.01. The van der Waals surface area contributed by atoms with Gasteiger partial charge in [0.15, 0.2) is 12.4 Å². The molecule has 0 unspecified atom stereocenters. The monoisotopic (exact) mass is 400 g/mol. The Morgan fingerprint density at radius 3 is 2.10 bits per heavy atom. The third-order valence-electron chi connectivity index (χ3n) is 2.58. The normalized spacial score (nSPS) is 10.1. The smallest absolute Gasteiger partial charge is 0.338 e. The summed E-state index contributed by atoms with van der Waals surface area (Å²) in [6.07, 6.45) is 0. The van der Waals surface area contributed by atoms with E-state index in [9.17, 15) is 9.59 Å². The largest absolute Gasteiger partial charge is 0.454 e. The molecule has 2 aromatic rings. The van der Waals surface area contributed by atoms with E-state index >= 15 is 0 Å². The van der Waals surface area contributed by atoms with Crippen molar-refractivity contribution in [2.75, 3.05) is 6.61 Å². The molecule has 0 spiro atoms. The van der Waals surface area contributed by atoms with Crippen LogP contribution in [0, 0.1) is 3.57 Å². The molecule has 0 aliphatic carbocycles. The van der Waals surface area contributed by atoms with Gasteiger partial charge >= 0.3 is 5.97 Å². The van der Waals surface area contributed by atoms with Crippen LogP contribution in [-0.4, -0.2) is 18.4 Å². The van der Waals surface area contributed by atoms with Gasteiger partial charge in [0.2, 0.25) is 0 Å². The van der Waals surface area contributed by atoms with Gasteiger partial charge in [-0.1, -0.05) is 11.6 Å².